The largest absolute Gasteiger partial charge is 0.492 e. The number of sulfonamides is 1. The maximum Gasteiger partial charge on any atom is 0.246 e. The molecule has 0 heterocycles. The van der Waals surface area contributed by atoms with Crippen LogP contribution in [0.1, 0.15) is 20.8 Å². The molecule has 0 atom stereocenters. The lowest BCUT2D eigenvalue weighted by Crippen LogP contribution is -2.31. The average Bonchev–Trinajstić information content (AvgIpc) is 2.77. The third-order valence-corrected chi connectivity index (χ3v) is 7.45. The number of halogens is 1. The quantitative estimate of drug-likeness (QED) is 0.465. The van der Waals surface area contributed by atoms with Crippen LogP contribution in [-0.4, -0.2) is 55.7 Å². The van der Waals surface area contributed by atoms with Crippen molar-refractivity contribution in [1.29, 1.82) is 0 Å². The van der Waals surface area contributed by atoms with Crippen LogP contribution in [0.2, 0.25) is 0 Å². The fourth-order valence-electron chi connectivity index (χ4n) is 2.93. The van der Waals surface area contributed by atoms with Gasteiger partial charge in [-0.15, -0.1) is 11.8 Å². The summed E-state index contributed by atoms with van der Waals surface area (Å²) < 4.78 is 45.7. The molecule has 0 fully saturated rings. The van der Waals surface area contributed by atoms with Crippen molar-refractivity contribution in [2.45, 2.75) is 25.7 Å². The summed E-state index contributed by atoms with van der Waals surface area (Å²) in [5.74, 6) is -0.883. The molecule has 2 amide bonds. The molecule has 0 aliphatic carbocycles. The van der Waals surface area contributed by atoms with Crippen LogP contribution in [0.15, 0.2) is 47.4 Å². The number of carbonyl (C=O) groups is 2. The molecule has 0 saturated carbocycles. The molecule has 0 radical (unpaired) electrons. The normalized spacial score (nSPS) is 11.3. The van der Waals surface area contributed by atoms with Gasteiger partial charge in [0.15, 0.2) is 0 Å². The van der Waals surface area contributed by atoms with Crippen molar-refractivity contribution in [3.05, 3.63) is 48.3 Å². The van der Waals surface area contributed by atoms with Crippen LogP contribution >= 0.6 is 11.8 Å². The van der Waals surface area contributed by atoms with Gasteiger partial charge in [-0.1, -0.05) is 13.8 Å². The van der Waals surface area contributed by atoms with Crippen LogP contribution in [0, 0.1) is 5.82 Å². The number of carbonyl (C=O) groups excluding carboxylic acids is 2. The molecule has 0 aliphatic rings. The number of nitrogens with zero attached hydrogens (tertiary/aromatic N) is 1. The smallest absolute Gasteiger partial charge is 0.246 e. The highest BCUT2D eigenvalue weighted by atomic mass is 32.2. The van der Waals surface area contributed by atoms with Gasteiger partial charge in [0, 0.05) is 24.5 Å². The van der Waals surface area contributed by atoms with Crippen molar-refractivity contribution in [3.63, 3.8) is 0 Å². The third-order valence-electron chi connectivity index (χ3n) is 4.44. The summed E-state index contributed by atoms with van der Waals surface area (Å²) >= 11 is 1.09. The number of anilines is 2. The standard InChI is InChI=1S/C22H28FN3O5S2/c1-4-26(5-2)33(29,30)20-13-18(11-12-19(20)31-6-3)25-22(28)15-32-14-21(27)24-17-9-7-16(23)8-10-17/h7-13H,4-6,14-15H2,1-3H3,(H,24,27)(H,25,28). The van der Waals surface area contributed by atoms with Gasteiger partial charge in [0.05, 0.1) is 18.1 Å². The van der Waals surface area contributed by atoms with E-state index in [2.05, 4.69) is 10.6 Å². The Labute approximate surface area is 197 Å². The fraction of sp³-hybridized carbons (Fsp3) is 0.364. The highest BCUT2D eigenvalue weighted by molar-refractivity contribution is 8.00. The predicted octanol–water partition coefficient (Wildman–Crippen LogP) is 3.57. The summed E-state index contributed by atoms with van der Waals surface area (Å²) in [6.45, 7) is 6.15. The van der Waals surface area contributed by atoms with Gasteiger partial charge in [-0.05, 0) is 49.4 Å². The fourth-order valence-corrected chi connectivity index (χ4v) is 5.16. The first-order valence-corrected chi connectivity index (χ1v) is 13.0. The van der Waals surface area contributed by atoms with Crippen molar-refractivity contribution < 1.29 is 27.1 Å². The number of hydrogen-bond donors (Lipinski definition) is 2. The zero-order valence-corrected chi connectivity index (χ0v) is 20.4. The molecule has 180 valence electrons. The minimum Gasteiger partial charge on any atom is -0.492 e. The molecule has 2 N–H and O–H groups in total. The van der Waals surface area contributed by atoms with Crippen LogP contribution in [0.5, 0.6) is 5.75 Å². The molecule has 0 saturated heterocycles. The summed E-state index contributed by atoms with van der Waals surface area (Å²) in [5, 5.41) is 5.27. The maximum absolute atomic E-state index is 13.0. The van der Waals surface area contributed by atoms with E-state index in [4.69, 9.17) is 4.74 Å². The van der Waals surface area contributed by atoms with E-state index in [1.54, 1.807) is 26.8 Å². The van der Waals surface area contributed by atoms with Gasteiger partial charge in [0.1, 0.15) is 16.5 Å². The molecular formula is C22H28FN3O5S2. The second-order valence-electron chi connectivity index (χ2n) is 6.78. The van der Waals surface area contributed by atoms with Gasteiger partial charge in [0.2, 0.25) is 21.8 Å². The zero-order valence-electron chi connectivity index (χ0n) is 18.8. The molecule has 11 heteroatoms. The van der Waals surface area contributed by atoms with Crippen LogP contribution in [-0.2, 0) is 19.6 Å². The number of nitrogens with one attached hydrogen (secondary N) is 2. The number of rotatable bonds is 12. The van der Waals surface area contributed by atoms with Crippen LogP contribution in [0.25, 0.3) is 0 Å². The molecule has 2 aromatic rings. The van der Waals surface area contributed by atoms with E-state index >= 15 is 0 Å². The SMILES string of the molecule is CCOc1ccc(NC(=O)CSCC(=O)Nc2ccc(F)cc2)cc1S(=O)(=O)N(CC)CC. The summed E-state index contributed by atoms with van der Waals surface area (Å²) in [6.07, 6.45) is 0. The predicted molar refractivity (Wildman–Crippen MR) is 129 cm³/mol. The molecule has 0 spiro atoms. The molecule has 0 bridgehead atoms. The van der Waals surface area contributed by atoms with E-state index in [0.29, 0.717) is 31.1 Å². The second-order valence-corrected chi connectivity index (χ2v) is 9.67. The Morgan fingerprint density at radius 3 is 2.03 bits per heavy atom. The van der Waals surface area contributed by atoms with Crippen LogP contribution in [0.3, 0.4) is 0 Å². The van der Waals surface area contributed by atoms with Crippen molar-refractivity contribution in [2.75, 3.05) is 41.8 Å². The Morgan fingerprint density at radius 1 is 0.939 bits per heavy atom. The van der Waals surface area contributed by atoms with Crippen molar-refractivity contribution in [2.24, 2.45) is 0 Å². The number of thioether (sulfide) groups is 1. The van der Waals surface area contributed by atoms with Gasteiger partial charge in [0.25, 0.3) is 0 Å². The first-order chi connectivity index (χ1) is 15.7. The van der Waals surface area contributed by atoms with E-state index < -0.39 is 15.8 Å². The summed E-state index contributed by atoms with van der Waals surface area (Å²) in [4.78, 5) is 24.3. The molecule has 2 aromatic carbocycles. The highest BCUT2D eigenvalue weighted by Gasteiger charge is 2.26. The van der Waals surface area contributed by atoms with Crippen molar-refractivity contribution in [1.82, 2.24) is 4.31 Å². The third kappa shape index (κ3) is 7.72. The molecule has 0 aromatic heterocycles. The maximum atomic E-state index is 13.0. The minimum absolute atomic E-state index is 0.0117. The monoisotopic (exact) mass is 497 g/mol. The molecule has 8 nitrogen and oxygen atoms in total. The van der Waals surface area contributed by atoms with Gasteiger partial charge < -0.3 is 15.4 Å². The van der Waals surface area contributed by atoms with E-state index in [0.717, 1.165) is 11.8 Å². The lowest BCUT2D eigenvalue weighted by atomic mass is 10.3. The van der Waals surface area contributed by atoms with E-state index in [1.807, 2.05) is 0 Å². The number of benzene rings is 2. The van der Waals surface area contributed by atoms with Crippen LogP contribution < -0.4 is 15.4 Å². The van der Waals surface area contributed by atoms with Crippen LogP contribution in [0.4, 0.5) is 15.8 Å². The highest BCUT2D eigenvalue weighted by Crippen LogP contribution is 2.30. The molecular weight excluding hydrogens is 469 g/mol. The summed E-state index contributed by atoms with van der Waals surface area (Å²) in [7, 11) is -3.80. The summed E-state index contributed by atoms with van der Waals surface area (Å²) in [5.41, 5.74) is 0.772. The molecule has 0 aliphatic heterocycles. The molecule has 2 rings (SSSR count). The zero-order chi connectivity index (χ0) is 24.4. The average molecular weight is 498 g/mol. The topological polar surface area (TPSA) is 105 Å². The lowest BCUT2D eigenvalue weighted by molar-refractivity contribution is -0.114. The summed E-state index contributed by atoms with van der Waals surface area (Å²) in [6, 6.07) is 9.82. The first-order valence-electron chi connectivity index (χ1n) is 10.4. The van der Waals surface area contributed by atoms with E-state index in [1.165, 1.54) is 40.7 Å². The first kappa shape index (κ1) is 26.6. The number of ether oxygens (including phenoxy) is 1. The van der Waals surface area contributed by atoms with Crippen molar-refractivity contribution in [3.8, 4) is 5.75 Å². The van der Waals surface area contributed by atoms with Gasteiger partial charge in [-0.2, -0.15) is 4.31 Å². The Bertz CT molecular complexity index is 1060. The Hall–Kier alpha value is -2.63. The minimum atomic E-state index is -3.80. The molecule has 0 unspecified atom stereocenters. The lowest BCUT2D eigenvalue weighted by Gasteiger charge is -2.21. The number of amides is 2. The number of hydrogen-bond acceptors (Lipinski definition) is 6. The second kappa shape index (κ2) is 12.6. The van der Waals surface area contributed by atoms with Gasteiger partial charge >= 0.3 is 0 Å². The van der Waals surface area contributed by atoms with Gasteiger partial charge in [-0.25, -0.2) is 12.8 Å². The molecule has 33 heavy (non-hydrogen) atoms. The Kier molecular flexibility index (Phi) is 10.1. The van der Waals surface area contributed by atoms with E-state index in [-0.39, 0.29) is 34.0 Å². The Balaban J connectivity index is 1.99. The van der Waals surface area contributed by atoms with E-state index in [9.17, 15) is 22.4 Å². The van der Waals surface area contributed by atoms with Gasteiger partial charge in [-0.3, -0.25) is 9.59 Å². The Morgan fingerprint density at radius 2 is 1.48 bits per heavy atom. The van der Waals surface area contributed by atoms with Crippen molar-refractivity contribution >= 4 is 45.0 Å².